The van der Waals surface area contributed by atoms with Gasteiger partial charge in [-0.3, -0.25) is 9.42 Å². The van der Waals surface area contributed by atoms with E-state index in [9.17, 15) is 18.4 Å². The predicted molar refractivity (Wildman–Crippen MR) is 89.8 cm³/mol. The average molecular weight is 400 g/mol. The van der Waals surface area contributed by atoms with Gasteiger partial charge in [0, 0.05) is 19.4 Å². The lowest BCUT2D eigenvalue weighted by atomic mass is 10.3. The Kier molecular flexibility index (Phi) is 7.13. The molecule has 0 bridgehead atoms. The van der Waals surface area contributed by atoms with Crippen LogP contribution in [0.3, 0.4) is 0 Å². The first-order valence-electron chi connectivity index (χ1n) is 8.18. The van der Waals surface area contributed by atoms with Crippen LogP contribution in [0.25, 0.3) is 0 Å². The van der Waals surface area contributed by atoms with Crippen LogP contribution in [0.5, 0.6) is 5.88 Å². The molecule has 0 radical (unpaired) electrons. The van der Waals surface area contributed by atoms with E-state index in [0.717, 1.165) is 0 Å². The molecule has 2 aromatic rings. The van der Waals surface area contributed by atoms with Gasteiger partial charge in [0.2, 0.25) is 0 Å². The van der Waals surface area contributed by atoms with Gasteiger partial charge in [0.1, 0.15) is 6.10 Å². The molecule has 1 N–H and O–H groups in total. The van der Waals surface area contributed by atoms with Crippen molar-refractivity contribution in [2.24, 2.45) is 0 Å². The molecule has 11 heteroatoms. The van der Waals surface area contributed by atoms with Gasteiger partial charge < -0.3 is 19.8 Å². The number of hydrogen-bond donors (Lipinski definition) is 1. The Bertz CT molecular complexity index is 851. The number of ether oxygens (including phenoxy) is 2. The highest BCUT2D eigenvalue weighted by molar-refractivity contribution is 7.91. The van der Waals surface area contributed by atoms with Crippen LogP contribution in [0.1, 0.15) is 26.2 Å². The van der Waals surface area contributed by atoms with Crippen LogP contribution < -0.4 is 9.64 Å². The summed E-state index contributed by atoms with van der Waals surface area (Å²) in [4.78, 5) is 10.1. The monoisotopic (exact) mass is 400 g/mol. The number of carbonyl (C=O) groups is 1. The Balaban J connectivity index is 1.97. The SMILES string of the molecule is CC(CCOCCCC(=O)O)Oc1no[n+]([O-])c1S(=O)(=O)c1ccccc1. The zero-order valence-corrected chi connectivity index (χ0v) is 15.4. The molecule has 2 rings (SSSR count). The van der Waals surface area contributed by atoms with Gasteiger partial charge in [-0.15, -0.1) is 0 Å². The molecule has 1 heterocycles. The summed E-state index contributed by atoms with van der Waals surface area (Å²) in [5.74, 6) is -1.31. The second kappa shape index (κ2) is 9.33. The lowest BCUT2D eigenvalue weighted by Gasteiger charge is -2.11. The lowest BCUT2D eigenvalue weighted by Crippen LogP contribution is -2.31. The van der Waals surface area contributed by atoms with E-state index >= 15 is 0 Å². The van der Waals surface area contributed by atoms with Gasteiger partial charge in [0.05, 0.1) is 16.7 Å². The first kappa shape index (κ1) is 20.6. The maximum absolute atomic E-state index is 12.6. The summed E-state index contributed by atoms with van der Waals surface area (Å²) < 4.78 is 40.4. The molecule has 0 aliphatic carbocycles. The Morgan fingerprint density at radius 1 is 1.33 bits per heavy atom. The van der Waals surface area contributed by atoms with E-state index in [1.807, 2.05) is 0 Å². The van der Waals surface area contributed by atoms with Crippen molar-refractivity contribution < 1.29 is 37.3 Å². The third kappa shape index (κ3) is 5.66. The van der Waals surface area contributed by atoms with Crippen molar-refractivity contribution >= 4 is 15.8 Å². The molecule has 0 amide bonds. The minimum Gasteiger partial charge on any atom is -0.481 e. The number of carboxylic acids is 1. The van der Waals surface area contributed by atoms with E-state index in [2.05, 4.69) is 9.79 Å². The van der Waals surface area contributed by atoms with E-state index in [1.165, 1.54) is 24.3 Å². The summed E-state index contributed by atoms with van der Waals surface area (Å²) in [6, 6.07) is 7.40. The van der Waals surface area contributed by atoms with E-state index < -0.39 is 32.8 Å². The molecule has 0 fully saturated rings. The molecule has 148 valence electrons. The molecular weight excluding hydrogens is 380 g/mol. The molecule has 1 atom stereocenters. The zero-order chi connectivity index (χ0) is 19.9. The van der Waals surface area contributed by atoms with Crippen LogP contribution in [0.15, 0.2) is 44.9 Å². The van der Waals surface area contributed by atoms with Crippen molar-refractivity contribution in [3.63, 3.8) is 0 Å². The van der Waals surface area contributed by atoms with Crippen molar-refractivity contribution in [1.29, 1.82) is 0 Å². The number of carboxylic acid groups (broad SMARTS) is 1. The molecule has 1 aromatic carbocycles. The Labute approximate surface area is 155 Å². The number of aliphatic carboxylic acids is 1. The van der Waals surface area contributed by atoms with Gasteiger partial charge in [0.25, 0.3) is 9.84 Å². The summed E-state index contributed by atoms with van der Waals surface area (Å²) in [6.07, 6.45) is 0.279. The van der Waals surface area contributed by atoms with Crippen molar-refractivity contribution in [2.75, 3.05) is 13.2 Å². The number of sulfone groups is 1. The molecule has 10 nitrogen and oxygen atoms in total. The summed E-state index contributed by atoms with van der Waals surface area (Å²) in [7, 11) is -4.16. The van der Waals surface area contributed by atoms with Crippen LogP contribution in [0.4, 0.5) is 0 Å². The van der Waals surface area contributed by atoms with Crippen LogP contribution in [-0.4, -0.2) is 44.0 Å². The van der Waals surface area contributed by atoms with Gasteiger partial charge in [-0.2, -0.15) is 0 Å². The largest absolute Gasteiger partial charge is 0.481 e. The van der Waals surface area contributed by atoms with Gasteiger partial charge in [-0.1, -0.05) is 18.2 Å². The normalized spacial score (nSPS) is 12.6. The maximum atomic E-state index is 12.6. The fourth-order valence-electron chi connectivity index (χ4n) is 2.15. The minimum absolute atomic E-state index is 0.0230. The highest BCUT2D eigenvalue weighted by Gasteiger charge is 2.36. The fourth-order valence-corrected chi connectivity index (χ4v) is 3.43. The lowest BCUT2D eigenvalue weighted by molar-refractivity contribution is -0.832. The first-order valence-corrected chi connectivity index (χ1v) is 9.66. The molecule has 0 saturated heterocycles. The molecule has 27 heavy (non-hydrogen) atoms. The quantitative estimate of drug-likeness (QED) is 0.434. The van der Waals surface area contributed by atoms with Crippen LogP contribution in [-0.2, 0) is 19.4 Å². The topological polar surface area (TPSA) is 143 Å². The van der Waals surface area contributed by atoms with Crippen molar-refractivity contribution in [1.82, 2.24) is 5.16 Å². The van der Waals surface area contributed by atoms with Gasteiger partial charge in [0.15, 0.2) is 0 Å². The molecule has 0 spiro atoms. The summed E-state index contributed by atoms with van der Waals surface area (Å²) in [6.45, 7) is 2.22. The van der Waals surface area contributed by atoms with E-state index in [0.29, 0.717) is 12.8 Å². The molecular formula is C16H20N2O8S. The number of nitrogens with zero attached hydrogens (tertiary/aromatic N) is 2. The molecule has 0 aliphatic heterocycles. The second-order valence-electron chi connectivity index (χ2n) is 5.68. The molecule has 1 aromatic heterocycles. The molecule has 1 unspecified atom stereocenters. The van der Waals surface area contributed by atoms with Crippen molar-refractivity contribution in [2.45, 2.75) is 42.2 Å². The standard InChI is InChI=1S/C16H20N2O8S/c1-12(9-11-24-10-5-8-14(19)20)25-15-16(18(21)26-17-15)27(22,23)13-6-3-2-4-7-13/h2-4,6-7,12H,5,8-11H2,1H3,(H,19,20). The average Bonchev–Trinajstić information content (AvgIpc) is 2.99. The highest BCUT2D eigenvalue weighted by atomic mass is 32.2. The summed E-state index contributed by atoms with van der Waals surface area (Å²) in [5.41, 5.74) is 0. The van der Waals surface area contributed by atoms with Crippen molar-refractivity contribution in [3.05, 3.63) is 35.5 Å². The van der Waals surface area contributed by atoms with Crippen LogP contribution in [0.2, 0.25) is 0 Å². The third-order valence-electron chi connectivity index (χ3n) is 3.52. The predicted octanol–water partition coefficient (Wildman–Crippen LogP) is 1.18. The van der Waals surface area contributed by atoms with Crippen molar-refractivity contribution in [3.8, 4) is 5.88 Å². The van der Waals surface area contributed by atoms with E-state index in [1.54, 1.807) is 13.0 Å². The van der Waals surface area contributed by atoms with Crippen LogP contribution in [0, 0.1) is 5.21 Å². The number of aromatic nitrogens is 2. The van der Waals surface area contributed by atoms with Gasteiger partial charge in [-0.25, -0.2) is 8.42 Å². The first-order chi connectivity index (χ1) is 12.8. The highest BCUT2D eigenvalue weighted by Crippen LogP contribution is 2.25. The summed E-state index contributed by atoms with van der Waals surface area (Å²) >= 11 is 0. The Morgan fingerprint density at radius 3 is 2.70 bits per heavy atom. The van der Waals surface area contributed by atoms with E-state index in [4.69, 9.17) is 14.6 Å². The zero-order valence-electron chi connectivity index (χ0n) is 14.6. The smallest absolute Gasteiger partial charge is 0.415 e. The molecule has 0 aliphatic rings. The van der Waals surface area contributed by atoms with Gasteiger partial charge >= 0.3 is 16.9 Å². The Morgan fingerprint density at radius 2 is 2.04 bits per heavy atom. The maximum Gasteiger partial charge on any atom is 0.415 e. The van der Waals surface area contributed by atoms with Crippen LogP contribution >= 0.6 is 0 Å². The Hall–Kier alpha value is -2.66. The fraction of sp³-hybridized carbons (Fsp3) is 0.438. The molecule has 0 saturated carbocycles. The number of benzene rings is 1. The second-order valence-corrected chi connectivity index (χ2v) is 7.55. The third-order valence-corrected chi connectivity index (χ3v) is 5.24. The van der Waals surface area contributed by atoms with Gasteiger partial charge in [-0.05, 0) is 30.4 Å². The summed E-state index contributed by atoms with van der Waals surface area (Å²) in [5, 5.41) is 23.0. The van der Waals surface area contributed by atoms with E-state index in [-0.39, 0.29) is 29.4 Å². The minimum atomic E-state index is -4.16. The number of rotatable bonds is 11. The number of hydrogen-bond acceptors (Lipinski definition) is 8.